The number of aromatic nitrogens is 2. The van der Waals surface area contributed by atoms with Gasteiger partial charge in [0.15, 0.2) is 9.84 Å². The van der Waals surface area contributed by atoms with Crippen molar-refractivity contribution in [2.75, 3.05) is 11.5 Å². The Morgan fingerprint density at radius 2 is 1.94 bits per heavy atom. The van der Waals surface area contributed by atoms with Crippen molar-refractivity contribution in [2.45, 2.75) is 38.1 Å². The van der Waals surface area contributed by atoms with Crippen LogP contribution in [-0.4, -0.2) is 41.2 Å². The van der Waals surface area contributed by atoms with E-state index in [1.54, 1.807) is 23.7 Å². The minimum atomic E-state index is -3.13. The number of fused-ring (bicyclic) bond motifs is 1. The van der Waals surface area contributed by atoms with Gasteiger partial charge < -0.3 is 5.32 Å². The molecule has 1 N–H and O–H groups in total. The van der Waals surface area contributed by atoms with Crippen LogP contribution in [-0.2, 0) is 27.5 Å². The molecule has 1 saturated heterocycles. The molecule has 0 bridgehead atoms. The summed E-state index contributed by atoms with van der Waals surface area (Å²) in [4.78, 5) is 13.2. The lowest BCUT2D eigenvalue weighted by Crippen LogP contribution is -2.50. The summed E-state index contributed by atoms with van der Waals surface area (Å²) in [5, 5.41) is 8.45. The fourth-order valence-electron chi connectivity index (χ4n) is 5.01. The van der Waals surface area contributed by atoms with Gasteiger partial charge in [-0.15, -0.1) is 0 Å². The van der Waals surface area contributed by atoms with Crippen LogP contribution in [0.2, 0.25) is 5.02 Å². The summed E-state index contributed by atoms with van der Waals surface area (Å²) in [6, 6.07) is 13.6. The number of benzene rings is 2. The quantitative estimate of drug-likeness (QED) is 0.583. The fraction of sp³-hybridized carbons (Fsp3) is 0.360. The number of nitrogens with zero attached hydrogens (tertiary/aromatic N) is 2. The van der Waals surface area contributed by atoms with E-state index in [4.69, 9.17) is 16.7 Å². The normalized spacial score (nSPS) is 23.4. The molecule has 1 aliphatic carbocycles. The Balaban J connectivity index is 1.50. The lowest BCUT2D eigenvalue weighted by atomic mass is 9.84. The molecule has 2 heterocycles. The van der Waals surface area contributed by atoms with Crippen LogP contribution >= 0.6 is 11.6 Å². The number of rotatable bonds is 4. The van der Waals surface area contributed by atoms with Crippen LogP contribution in [0.4, 0.5) is 4.39 Å². The van der Waals surface area contributed by atoms with Crippen molar-refractivity contribution in [1.29, 1.82) is 0 Å². The second-order valence-corrected chi connectivity index (χ2v) is 12.1. The molecule has 1 fully saturated rings. The van der Waals surface area contributed by atoms with E-state index < -0.39 is 15.4 Å². The number of sulfone groups is 1. The number of nitrogens with one attached hydrogen (secondary N) is 1. The molecular weight excluding hydrogens is 477 g/mol. The largest absolute Gasteiger partial charge is 0.350 e. The molecule has 0 spiro atoms. The number of carbonyl (C=O) groups is 1. The maximum Gasteiger partial charge on any atom is 0.223 e. The second-order valence-electron chi connectivity index (χ2n) is 9.47. The standard InChI is InChI=1S/C25H25ClFN3O3S/c1-25(12-13-34(32,33)15-25)28-24(31)16-6-11-20-22(14-16)30(18-9-7-17(27)8-10-18)29-23(20)19-4-2-3-5-21(19)26/h2-5,7-10,16H,6,11-15H2,1H3,(H,28,31)/t16-,25-/m0/s1. The van der Waals surface area contributed by atoms with E-state index in [0.29, 0.717) is 36.4 Å². The van der Waals surface area contributed by atoms with Gasteiger partial charge in [-0.2, -0.15) is 5.10 Å². The molecule has 0 radical (unpaired) electrons. The number of hydrogen-bond acceptors (Lipinski definition) is 4. The van der Waals surface area contributed by atoms with Crippen LogP contribution in [0.1, 0.15) is 31.0 Å². The van der Waals surface area contributed by atoms with E-state index >= 15 is 0 Å². The molecule has 2 atom stereocenters. The third kappa shape index (κ3) is 4.36. The average molecular weight is 502 g/mol. The molecule has 0 saturated carbocycles. The van der Waals surface area contributed by atoms with Crippen LogP contribution in [0.15, 0.2) is 48.5 Å². The molecule has 9 heteroatoms. The van der Waals surface area contributed by atoms with Crippen molar-refractivity contribution in [3.05, 3.63) is 70.6 Å². The summed E-state index contributed by atoms with van der Waals surface area (Å²) < 4.78 is 39.3. The first-order valence-electron chi connectivity index (χ1n) is 11.3. The van der Waals surface area contributed by atoms with Gasteiger partial charge >= 0.3 is 0 Å². The summed E-state index contributed by atoms with van der Waals surface area (Å²) in [5.41, 5.74) is 3.44. The zero-order valence-corrected chi connectivity index (χ0v) is 20.3. The Hall–Kier alpha value is -2.71. The van der Waals surface area contributed by atoms with Gasteiger partial charge in [0, 0.05) is 29.2 Å². The summed E-state index contributed by atoms with van der Waals surface area (Å²) in [7, 11) is -3.13. The molecule has 1 aromatic heterocycles. The van der Waals surface area contributed by atoms with Gasteiger partial charge in [-0.3, -0.25) is 4.79 Å². The van der Waals surface area contributed by atoms with Crippen molar-refractivity contribution < 1.29 is 17.6 Å². The highest BCUT2D eigenvalue weighted by atomic mass is 35.5. The predicted octanol–water partition coefficient (Wildman–Crippen LogP) is 4.13. The van der Waals surface area contributed by atoms with Crippen LogP contribution in [0.25, 0.3) is 16.9 Å². The van der Waals surface area contributed by atoms with Gasteiger partial charge in [0.25, 0.3) is 0 Å². The SMILES string of the molecule is C[C@]1(NC(=O)[C@H]2CCc3c(-c4ccccc4Cl)nn(-c4ccc(F)cc4)c3C2)CCS(=O)(=O)C1. The first-order chi connectivity index (χ1) is 16.1. The Morgan fingerprint density at radius 1 is 1.21 bits per heavy atom. The molecule has 5 rings (SSSR count). The highest BCUT2D eigenvalue weighted by Crippen LogP contribution is 2.38. The first kappa shape index (κ1) is 23.1. The van der Waals surface area contributed by atoms with Crippen molar-refractivity contribution in [2.24, 2.45) is 5.92 Å². The van der Waals surface area contributed by atoms with Gasteiger partial charge in [0.2, 0.25) is 5.91 Å². The van der Waals surface area contributed by atoms with Crippen LogP contribution in [0, 0.1) is 11.7 Å². The van der Waals surface area contributed by atoms with Crippen LogP contribution in [0.5, 0.6) is 0 Å². The Kier molecular flexibility index (Phi) is 5.76. The van der Waals surface area contributed by atoms with Crippen molar-refractivity contribution in [1.82, 2.24) is 15.1 Å². The summed E-state index contributed by atoms with van der Waals surface area (Å²) in [6.07, 6.45) is 2.11. The number of hydrogen-bond donors (Lipinski definition) is 1. The summed E-state index contributed by atoms with van der Waals surface area (Å²) >= 11 is 6.48. The molecule has 178 valence electrons. The summed E-state index contributed by atoms with van der Waals surface area (Å²) in [5.74, 6) is -0.738. The second kappa shape index (κ2) is 8.50. The van der Waals surface area contributed by atoms with Crippen molar-refractivity contribution >= 4 is 27.3 Å². The van der Waals surface area contributed by atoms with Gasteiger partial charge in [-0.1, -0.05) is 29.8 Å². The average Bonchev–Trinajstić information content (AvgIpc) is 3.30. The minimum Gasteiger partial charge on any atom is -0.350 e. The molecule has 6 nitrogen and oxygen atoms in total. The molecule has 1 amide bonds. The van der Waals surface area contributed by atoms with E-state index in [9.17, 15) is 17.6 Å². The predicted molar refractivity (Wildman–Crippen MR) is 129 cm³/mol. The topological polar surface area (TPSA) is 81.1 Å². The van der Waals surface area contributed by atoms with Crippen LogP contribution < -0.4 is 5.32 Å². The molecule has 34 heavy (non-hydrogen) atoms. The molecule has 3 aromatic rings. The molecule has 2 aromatic carbocycles. The number of carbonyl (C=O) groups excluding carboxylic acids is 1. The maximum absolute atomic E-state index is 13.6. The minimum absolute atomic E-state index is 0.0339. The number of halogens is 2. The molecule has 2 aliphatic rings. The number of amides is 1. The van der Waals surface area contributed by atoms with E-state index in [1.807, 2.05) is 24.3 Å². The first-order valence-corrected chi connectivity index (χ1v) is 13.5. The van der Waals surface area contributed by atoms with E-state index in [-0.39, 0.29) is 29.1 Å². The Bertz CT molecular complexity index is 1370. The highest BCUT2D eigenvalue weighted by molar-refractivity contribution is 7.91. The smallest absolute Gasteiger partial charge is 0.223 e. The zero-order chi connectivity index (χ0) is 24.1. The molecule has 1 aliphatic heterocycles. The van der Waals surface area contributed by atoms with Gasteiger partial charge in [-0.05, 0) is 56.5 Å². The highest BCUT2D eigenvalue weighted by Gasteiger charge is 2.41. The third-order valence-electron chi connectivity index (χ3n) is 6.77. The summed E-state index contributed by atoms with van der Waals surface area (Å²) in [6.45, 7) is 1.79. The Morgan fingerprint density at radius 3 is 2.62 bits per heavy atom. The maximum atomic E-state index is 13.6. The van der Waals surface area contributed by atoms with E-state index in [2.05, 4.69) is 5.32 Å². The van der Waals surface area contributed by atoms with Crippen LogP contribution in [0.3, 0.4) is 0 Å². The van der Waals surface area contributed by atoms with Gasteiger partial charge in [0.05, 0.1) is 33.4 Å². The lowest BCUT2D eigenvalue weighted by Gasteiger charge is -2.29. The third-order valence-corrected chi connectivity index (χ3v) is 9.00. The van der Waals surface area contributed by atoms with Gasteiger partial charge in [-0.25, -0.2) is 17.5 Å². The van der Waals surface area contributed by atoms with E-state index in [0.717, 1.165) is 22.5 Å². The van der Waals surface area contributed by atoms with E-state index in [1.165, 1.54) is 12.1 Å². The van der Waals surface area contributed by atoms with Crippen molar-refractivity contribution in [3.63, 3.8) is 0 Å². The monoisotopic (exact) mass is 501 g/mol. The lowest BCUT2D eigenvalue weighted by molar-refractivity contribution is -0.126. The van der Waals surface area contributed by atoms with Crippen molar-refractivity contribution in [3.8, 4) is 16.9 Å². The van der Waals surface area contributed by atoms with Gasteiger partial charge in [0.1, 0.15) is 5.82 Å². The molecule has 0 unspecified atom stereocenters. The molecular formula is C25H25ClFN3O3S. The fourth-order valence-corrected chi connectivity index (χ4v) is 7.33. The Labute approximate surface area is 203 Å². The zero-order valence-electron chi connectivity index (χ0n) is 18.7.